The molecule has 1 heterocycles. The van der Waals surface area contributed by atoms with E-state index in [1.807, 2.05) is 4.98 Å². The summed E-state index contributed by atoms with van der Waals surface area (Å²) in [6.07, 6.45) is -2.99. The molecule has 17 heavy (non-hydrogen) atoms. The van der Waals surface area contributed by atoms with Crippen molar-refractivity contribution in [2.75, 3.05) is 0 Å². The first-order valence-corrected chi connectivity index (χ1v) is 4.99. The summed E-state index contributed by atoms with van der Waals surface area (Å²) in [6.45, 7) is -0.0181. The predicted octanol–water partition coefficient (Wildman–Crippen LogP) is 1.76. The third kappa shape index (κ3) is 2.32. The first kappa shape index (κ1) is 14.1. The Kier molecular flexibility index (Phi) is 3.88. The molecule has 0 amide bonds. The molecule has 96 valence electrons. The number of rotatable bonds is 1. The number of halogens is 4. The van der Waals surface area contributed by atoms with Gasteiger partial charge in [0.25, 0.3) is 5.56 Å². The van der Waals surface area contributed by atoms with Crippen LogP contribution < -0.4 is 11.3 Å². The number of nitrogens with one attached hydrogen (secondary N) is 1. The Bertz CT molecular complexity index is 482. The van der Waals surface area contributed by atoms with Gasteiger partial charge in [-0.25, -0.2) is 0 Å². The lowest BCUT2D eigenvalue weighted by molar-refractivity contribution is -0.141. The van der Waals surface area contributed by atoms with Gasteiger partial charge >= 0.3 is 6.18 Å². The van der Waals surface area contributed by atoms with Crippen molar-refractivity contribution in [3.8, 4) is 0 Å². The Labute approximate surface area is 102 Å². The zero-order chi connectivity index (χ0) is 11.9. The molecule has 0 saturated carbocycles. The molecule has 0 bridgehead atoms. The molecular formula is C10H12ClF3N2O. The summed E-state index contributed by atoms with van der Waals surface area (Å²) in [6, 6.07) is 0. The van der Waals surface area contributed by atoms with Gasteiger partial charge in [-0.3, -0.25) is 4.79 Å². The Morgan fingerprint density at radius 2 is 1.82 bits per heavy atom. The minimum Gasteiger partial charge on any atom is -0.326 e. The van der Waals surface area contributed by atoms with Crippen molar-refractivity contribution >= 4 is 12.4 Å². The van der Waals surface area contributed by atoms with E-state index in [4.69, 9.17) is 5.73 Å². The summed E-state index contributed by atoms with van der Waals surface area (Å²) in [7, 11) is 0. The molecule has 7 heteroatoms. The molecule has 0 aliphatic heterocycles. The van der Waals surface area contributed by atoms with Gasteiger partial charge in [0.1, 0.15) is 5.69 Å². The van der Waals surface area contributed by atoms with Crippen molar-refractivity contribution in [3.63, 3.8) is 0 Å². The van der Waals surface area contributed by atoms with Crippen molar-refractivity contribution in [2.24, 2.45) is 5.73 Å². The largest absolute Gasteiger partial charge is 0.431 e. The number of alkyl halides is 3. The van der Waals surface area contributed by atoms with Crippen molar-refractivity contribution in [1.29, 1.82) is 0 Å². The third-order valence-electron chi connectivity index (χ3n) is 2.88. The van der Waals surface area contributed by atoms with Gasteiger partial charge in [0.05, 0.1) is 0 Å². The zero-order valence-electron chi connectivity index (χ0n) is 8.86. The highest BCUT2D eigenvalue weighted by Crippen LogP contribution is 2.35. The fraction of sp³-hybridized carbons (Fsp3) is 0.500. The molecule has 1 aliphatic carbocycles. The minimum absolute atomic E-state index is 0. The summed E-state index contributed by atoms with van der Waals surface area (Å²) >= 11 is 0. The molecule has 0 unspecified atom stereocenters. The van der Waals surface area contributed by atoms with Gasteiger partial charge in [-0.2, -0.15) is 13.2 Å². The molecule has 2 rings (SSSR count). The van der Waals surface area contributed by atoms with Gasteiger partial charge in [0, 0.05) is 12.1 Å². The minimum atomic E-state index is -4.50. The van der Waals surface area contributed by atoms with E-state index in [0.29, 0.717) is 30.4 Å². The van der Waals surface area contributed by atoms with Crippen LogP contribution in [0.15, 0.2) is 4.79 Å². The molecular weight excluding hydrogens is 257 g/mol. The maximum Gasteiger partial charge on any atom is 0.431 e. The van der Waals surface area contributed by atoms with Gasteiger partial charge in [0.2, 0.25) is 0 Å². The number of hydrogen-bond acceptors (Lipinski definition) is 2. The Morgan fingerprint density at radius 1 is 1.24 bits per heavy atom. The molecule has 0 radical (unpaired) electrons. The lowest BCUT2D eigenvalue weighted by atomic mass is 10.0. The quantitative estimate of drug-likeness (QED) is 0.815. The number of fused-ring (bicyclic) bond motifs is 1. The van der Waals surface area contributed by atoms with Gasteiger partial charge in [-0.15, -0.1) is 12.4 Å². The summed E-state index contributed by atoms with van der Waals surface area (Å²) in [4.78, 5) is 13.3. The van der Waals surface area contributed by atoms with Crippen LogP contribution >= 0.6 is 12.4 Å². The average Bonchev–Trinajstić information content (AvgIpc) is 2.63. The van der Waals surface area contributed by atoms with Crippen molar-refractivity contribution in [1.82, 2.24) is 4.98 Å². The second kappa shape index (κ2) is 4.70. The van der Waals surface area contributed by atoms with Crippen LogP contribution in [0.3, 0.4) is 0 Å². The molecule has 0 aromatic carbocycles. The van der Waals surface area contributed by atoms with Crippen LogP contribution in [0.5, 0.6) is 0 Å². The van der Waals surface area contributed by atoms with E-state index in [9.17, 15) is 18.0 Å². The maximum atomic E-state index is 12.7. The number of aromatic nitrogens is 1. The van der Waals surface area contributed by atoms with Gasteiger partial charge in [-0.1, -0.05) is 0 Å². The van der Waals surface area contributed by atoms with E-state index in [0.717, 1.165) is 0 Å². The number of hydrogen-bond donors (Lipinski definition) is 2. The van der Waals surface area contributed by atoms with Crippen molar-refractivity contribution in [3.05, 3.63) is 32.7 Å². The first-order valence-electron chi connectivity index (χ1n) is 4.99. The van der Waals surface area contributed by atoms with E-state index in [2.05, 4.69) is 0 Å². The second-order valence-corrected chi connectivity index (χ2v) is 3.82. The number of H-pyrrole nitrogens is 1. The summed E-state index contributed by atoms with van der Waals surface area (Å²) < 4.78 is 38.0. The number of aromatic amines is 1. The summed E-state index contributed by atoms with van der Waals surface area (Å²) in [5.74, 6) is 0. The number of pyridine rings is 1. The number of nitrogens with two attached hydrogens (primary N) is 1. The van der Waals surface area contributed by atoms with Crippen LogP contribution in [0.1, 0.15) is 28.8 Å². The zero-order valence-corrected chi connectivity index (χ0v) is 9.67. The standard InChI is InChI=1S/C10H11F3N2O.ClH/c11-10(12,13)8-6-3-1-2-5(6)7(4-14)9(16)15-8;/h1-4,14H2,(H,15,16);1H. The molecule has 0 saturated heterocycles. The highest BCUT2D eigenvalue weighted by Gasteiger charge is 2.37. The fourth-order valence-electron chi connectivity index (χ4n) is 2.21. The average molecular weight is 269 g/mol. The van der Waals surface area contributed by atoms with Gasteiger partial charge in [-0.05, 0) is 30.4 Å². The normalized spacial score (nSPS) is 14.4. The van der Waals surface area contributed by atoms with Gasteiger partial charge in [0.15, 0.2) is 0 Å². The maximum absolute atomic E-state index is 12.7. The predicted molar refractivity (Wildman–Crippen MR) is 59.2 cm³/mol. The van der Waals surface area contributed by atoms with Crippen LogP contribution in [-0.2, 0) is 25.6 Å². The first-order chi connectivity index (χ1) is 7.45. The van der Waals surface area contributed by atoms with Gasteiger partial charge < -0.3 is 10.7 Å². The monoisotopic (exact) mass is 268 g/mol. The Balaban J connectivity index is 0.00000144. The Hall–Kier alpha value is -1.01. The van der Waals surface area contributed by atoms with Crippen LogP contribution in [-0.4, -0.2) is 4.98 Å². The molecule has 3 N–H and O–H groups in total. The highest BCUT2D eigenvalue weighted by atomic mass is 35.5. The van der Waals surface area contributed by atoms with E-state index < -0.39 is 17.4 Å². The lowest BCUT2D eigenvalue weighted by Crippen LogP contribution is -2.25. The van der Waals surface area contributed by atoms with E-state index in [-0.39, 0.29) is 24.5 Å². The van der Waals surface area contributed by atoms with E-state index >= 15 is 0 Å². The molecule has 0 fully saturated rings. The van der Waals surface area contributed by atoms with Crippen LogP contribution in [0.2, 0.25) is 0 Å². The molecule has 3 nitrogen and oxygen atoms in total. The van der Waals surface area contributed by atoms with Crippen molar-refractivity contribution in [2.45, 2.75) is 32.0 Å². The van der Waals surface area contributed by atoms with E-state index in [1.165, 1.54) is 0 Å². The lowest BCUT2D eigenvalue weighted by Gasteiger charge is -2.13. The van der Waals surface area contributed by atoms with E-state index in [1.54, 1.807) is 0 Å². The SMILES string of the molecule is Cl.NCc1c2c(c(C(F)(F)F)[nH]c1=O)CCC2. The van der Waals surface area contributed by atoms with Crippen molar-refractivity contribution < 1.29 is 13.2 Å². The summed E-state index contributed by atoms with van der Waals surface area (Å²) in [5.41, 5.74) is 4.77. The van der Waals surface area contributed by atoms with Crippen LogP contribution in [0.25, 0.3) is 0 Å². The smallest absolute Gasteiger partial charge is 0.326 e. The molecule has 1 aromatic rings. The van der Waals surface area contributed by atoms with Crippen LogP contribution in [0.4, 0.5) is 13.2 Å². The molecule has 1 aliphatic rings. The Morgan fingerprint density at radius 3 is 2.35 bits per heavy atom. The highest BCUT2D eigenvalue weighted by molar-refractivity contribution is 5.85. The van der Waals surface area contributed by atoms with Crippen LogP contribution in [0, 0.1) is 0 Å². The summed E-state index contributed by atoms with van der Waals surface area (Å²) in [5, 5.41) is 0. The topological polar surface area (TPSA) is 58.9 Å². The fourth-order valence-corrected chi connectivity index (χ4v) is 2.21. The second-order valence-electron chi connectivity index (χ2n) is 3.82. The molecule has 1 aromatic heterocycles. The third-order valence-corrected chi connectivity index (χ3v) is 2.88. The molecule has 0 atom stereocenters. The molecule has 0 spiro atoms.